The molecule has 2 aliphatic rings. The molecule has 3 nitrogen and oxygen atoms in total. The number of hydrogen-bond donors (Lipinski definition) is 0. The summed E-state index contributed by atoms with van der Waals surface area (Å²) in [6, 6.07) is 0. The zero-order valence-electron chi connectivity index (χ0n) is 17.1. The molecule has 0 spiro atoms. The van der Waals surface area contributed by atoms with Gasteiger partial charge >= 0.3 is 0 Å². The molecule has 0 radical (unpaired) electrons. The van der Waals surface area contributed by atoms with Gasteiger partial charge in [0, 0.05) is 5.57 Å². The van der Waals surface area contributed by atoms with E-state index in [4.69, 9.17) is 13.9 Å². The van der Waals surface area contributed by atoms with Crippen molar-refractivity contribution in [1.82, 2.24) is 0 Å². The van der Waals surface area contributed by atoms with E-state index in [9.17, 15) is 0 Å². The van der Waals surface area contributed by atoms with E-state index < -0.39 is 8.32 Å². The van der Waals surface area contributed by atoms with Crippen LogP contribution in [0, 0.1) is 0 Å². The van der Waals surface area contributed by atoms with E-state index in [2.05, 4.69) is 59.5 Å². The van der Waals surface area contributed by atoms with Gasteiger partial charge in [0.25, 0.3) is 0 Å². The molecule has 4 heteroatoms. The first kappa shape index (κ1) is 20.5. The van der Waals surface area contributed by atoms with Crippen LogP contribution in [0.4, 0.5) is 0 Å². The highest BCUT2D eigenvalue weighted by Crippen LogP contribution is 2.40. The summed E-state index contributed by atoms with van der Waals surface area (Å²) in [6.07, 6.45) is 7.61. The molecule has 3 atom stereocenters. The standard InChI is InChI=1S/C21H36O3Si/c1-9-22-16(3)17-14-20-18(24-25(7,8)21(4,5)6)12-10-11-15(2)13-19(17)23-20/h11,14,18-20H,3,9-10,12-13H2,1-2,4-8H3/b15-11-/t18-,19+,20+/m0/s1. The van der Waals surface area contributed by atoms with Crippen molar-refractivity contribution in [3.63, 3.8) is 0 Å². The lowest BCUT2D eigenvalue weighted by atomic mass is 9.98. The van der Waals surface area contributed by atoms with Crippen molar-refractivity contribution >= 4 is 8.32 Å². The van der Waals surface area contributed by atoms with Crippen LogP contribution in [0.1, 0.15) is 53.9 Å². The fraction of sp³-hybridized carbons (Fsp3) is 0.714. The number of allylic oxidation sites excluding steroid dienone is 1. The van der Waals surface area contributed by atoms with E-state index in [-0.39, 0.29) is 23.4 Å². The number of rotatable bonds is 5. The van der Waals surface area contributed by atoms with Gasteiger partial charge in [0.1, 0.15) is 11.9 Å². The van der Waals surface area contributed by atoms with Crippen molar-refractivity contribution in [3.05, 3.63) is 35.6 Å². The lowest BCUT2D eigenvalue weighted by molar-refractivity contribution is -0.0189. The maximum absolute atomic E-state index is 6.76. The Morgan fingerprint density at radius 1 is 1.36 bits per heavy atom. The summed E-state index contributed by atoms with van der Waals surface area (Å²) < 4.78 is 18.9. The van der Waals surface area contributed by atoms with E-state index >= 15 is 0 Å². The zero-order valence-corrected chi connectivity index (χ0v) is 18.1. The molecule has 0 aromatic rings. The Labute approximate surface area is 155 Å². The van der Waals surface area contributed by atoms with Crippen LogP contribution in [-0.4, -0.2) is 33.2 Å². The average molecular weight is 365 g/mol. The van der Waals surface area contributed by atoms with E-state index in [0.717, 1.165) is 30.6 Å². The van der Waals surface area contributed by atoms with Crippen molar-refractivity contribution in [3.8, 4) is 0 Å². The Bertz CT molecular complexity index is 554. The van der Waals surface area contributed by atoms with E-state index in [1.807, 2.05) is 6.92 Å². The maximum Gasteiger partial charge on any atom is 0.192 e. The first-order chi connectivity index (χ1) is 11.5. The second-order valence-corrected chi connectivity index (χ2v) is 13.6. The molecule has 2 aliphatic heterocycles. The van der Waals surface area contributed by atoms with E-state index in [1.165, 1.54) is 5.57 Å². The van der Waals surface area contributed by atoms with Crippen LogP contribution in [0.5, 0.6) is 0 Å². The SMILES string of the molecule is C=C(OCC)C1=C[C@H]2O[C@@H]1C/C(C)=C\CC[C@@H]2O[Si](C)(C)C(C)(C)C. The Morgan fingerprint density at radius 2 is 2.04 bits per heavy atom. The molecule has 2 bridgehead atoms. The maximum atomic E-state index is 6.76. The predicted octanol–water partition coefficient (Wildman–Crippen LogP) is 5.75. The quantitative estimate of drug-likeness (QED) is 0.353. The van der Waals surface area contributed by atoms with Crippen LogP contribution in [0.15, 0.2) is 35.6 Å². The molecule has 0 amide bonds. The molecule has 142 valence electrons. The molecule has 0 N–H and O–H groups in total. The third kappa shape index (κ3) is 4.87. The number of fused-ring (bicyclic) bond motifs is 2. The first-order valence-corrected chi connectivity index (χ1v) is 12.5. The second kappa shape index (κ2) is 7.81. The highest BCUT2D eigenvalue weighted by molar-refractivity contribution is 6.74. The van der Waals surface area contributed by atoms with E-state index in [1.54, 1.807) is 0 Å². The second-order valence-electron chi connectivity index (χ2n) is 8.82. The third-order valence-corrected chi connectivity index (χ3v) is 10.2. The molecule has 0 aromatic carbocycles. The topological polar surface area (TPSA) is 27.7 Å². The summed E-state index contributed by atoms with van der Waals surface area (Å²) >= 11 is 0. The molecular formula is C21H36O3Si. The minimum atomic E-state index is -1.85. The highest BCUT2D eigenvalue weighted by atomic mass is 28.4. The molecule has 2 heterocycles. The monoisotopic (exact) mass is 364 g/mol. The third-order valence-electron chi connectivity index (χ3n) is 5.72. The van der Waals surface area contributed by atoms with Crippen LogP contribution in [0.2, 0.25) is 18.1 Å². The molecule has 0 unspecified atom stereocenters. The smallest absolute Gasteiger partial charge is 0.192 e. The fourth-order valence-electron chi connectivity index (χ4n) is 3.18. The van der Waals surface area contributed by atoms with E-state index in [0.29, 0.717) is 6.61 Å². The van der Waals surface area contributed by atoms with Crippen LogP contribution >= 0.6 is 0 Å². The predicted molar refractivity (Wildman–Crippen MR) is 107 cm³/mol. The lowest BCUT2D eigenvalue weighted by Crippen LogP contribution is -2.47. The molecule has 0 aliphatic carbocycles. The van der Waals surface area contributed by atoms with Crippen molar-refractivity contribution in [1.29, 1.82) is 0 Å². The van der Waals surface area contributed by atoms with Gasteiger partial charge in [-0.3, -0.25) is 0 Å². The van der Waals surface area contributed by atoms with Gasteiger partial charge in [-0.05, 0) is 57.3 Å². The summed E-state index contributed by atoms with van der Waals surface area (Å²) in [5, 5.41) is 0.191. The summed E-state index contributed by atoms with van der Waals surface area (Å²) in [5.74, 6) is 0.745. The van der Waals surface area contributed by atoms with Crippen molar-refractivity contribution in [2.45, 2.75) is 90.3 Å². The Kier molecular flexibility index (Phi) is 6.39. The van der Waals surface area contributed by atoms with Gasteiger partial charge < -0.3 is 13.9 Å². The zero-order chi connectivity index (χ0) is 18.8. The van der Waals surface area contributed by atoms with Gasteiger partial charge in [-0.1, -0.05) is 39.0 Å². The van der Waals surface area contributed by atoms with Gasteiger partial charge in [0.2, 0.25) is 0 Å². The first-order valence-electron chi connectivity index (χ1n) is 9.58. The Morgan fingerprint density at radius 3 is 2.64 bits per heavy atom. The lowest BCUT2D eigenvalue weighted by Gasteiger charge is -2.40. The van der Waals surface area contributed by atoms with Gasteiger partial charge in [-0.15, -0.1) is 0 Å². The van der Waals surface area contributed by atoms with Gasteiger partial charge in [0.05, 0.1) is 18.8 Å². The van der Waals surface area contributed by atoms with Crippen molar-refractivity contribution in [2.24, 2.45) is 0 Å². The molecule has 0 aromatic heterocycles. The molecule has 0 saturated carbocycles. The molecule has 0 fully saturated rings. The average Bonchev–Trinajstić information content (AvgIpc) is 2.90. The summed E-state index contributed by atoms with van der Waals surface area (Å²) in [5.41, 5.74) is 2.47. The van der Waals surface area contributed by atoms with Crippen LogP contribution in [0.25, 0.3) is 0 Å². The number of ether oxygens (including phenoxy) is 2. The summed E-state index contributed by atoms with van der Waals surface area (Å²) in [4.78, 5) is 0. The fourth-order valence-corrected chi connectivity index (χ4v) is 4.55. The summed E-state index contributed by atoms with van der Waals surface area (Å²) in [7, 11) is -1.85. The van der Waals surface area contributed by atoms with Gasteiger partial charge in [-0.2, -0.15) is 0 Å². The largest absolute Gasteiger partial charge is 0.494 e. The van der Waals surface area contributed by atoms with Crippen LogP contribution < -0.4 is 0 Å². The van der Waals surface area contributed by atoms with Crippen LogP contribution in [-0.2, 0) is 13.9 Å². The van der Waals surface area contributed by atoms with Gasteiger partial charge in [0.15, 0.2) is 8.32 Å². The van der Waals surface area contributed by atoms with Crippen molar-refractivity contribution in [2.75, 3.05) is 6.61 Å². The molecule has 25 heavy (non-hydrogen) atoms. The van der Waals surface area contributed by atoms with Crippen LogP contribution in [0.3, 0.4) is 0 Å². The molecule has 0 saturated heterocycles. The normalized spacial score (nSPS) is 29.8. The number of hydrogen-bond acceptors (Lipinski definition) is 3. The Balaban J connectivity index is 2.28. The minimum Gasteiger partial charge on any atom is -0.494 e. The minimum absolute atomic E-state index is 0.00867. The molecular weight excluding hydrogens is 328 g/mol. The summed E-state index contributed by atoms with van der Waals surface area (Å²) in [6.45, 7) is 20.4. The molecule has 2 rings (SSSR count). The van der Waals surface area contributed by atoms with Crippen molar-refractivity contribution < 1.29 is 13.9 Å². The Hall–Kier alpha value is -0.843. The highest BCUT2D eigenvalue weighted by Gasteiger charge is 2.43. The van der Waals surface area contributed by atoms with Gasteiger partial charge in [-0.25, -0.2) is 0 Å².